The number of aliphatic hydroxyl groups excluding tert-OH is 1. The van der Waals surface area contributed by atoms with Crippen LogP contribution in [0.2, 0.25) is 5.02 Å². The molecule has 1 aromatic heterocycles. The number of aliphatic hydroxyl groups is 1. The first-order chi connectivity index (χ1) is 12.2. The molecule has 0 bridgehead atoms. The number of nitrogens with zero attached hydrogens (tertiary/aromatic N) is 1. The fourth-order valence-corrected chi connectivity index (χ4v) is 3.40. The Kier molecular flexibility index (Phi) is 4.35. The molecular formula is C21H19ClN2O. The van der Waals surface area contributed by atoms with Gasteiger partial charge in [-0.25, -0.2) is 0 Å². The van der Waals surface area contributed by atoms with E-state index in [1.54, 1.807) is 0 Å². The predicted octanol–water partition coefficient (Wildman–Crippen LogP) is 4.92. The molecule has 4 aromatic rings. The van der Waals surface area contributed by atoms with Crippen LogP contribution >= 0.6 is 11.6 Å². The van der Waals surface area contributed by atoms with Crippen molar-refractivity contribution in [2.75, 3.05) is 11.9 Å². The summed E-state index contributed by atoms with van der Waals surface area (Å²) in [5, 5.41) is 16.9. The Hall–Kier alpha value is -2.49. The van der Waals surface area contributed by atoms with Crippen molar-refractivity contribution in [1.29, 1.82) is 0 Å². The summed E-state index contributed by atoms with van der Waals surface area (Å²) in [4.78, 5) is 0. The lowest BCUT2D eigenvalue weighted by molar-refractivity contribution is 0.169. The molecule has 4 rings (SSSR count). The van der Waals surface area contributed by atoms with Crippen LogP contribution in [-0.4, -0.2) is 22.3 Å². The lowest BCUT2D eigenvalue weighted by Gasteiger charge is -2.15. The molecule has 0 saturated carbocycles. The maximum Gasteiger partial charge on any atom is 0.0891 e. The molecule has 1 unspecified atom stereocenters. The molecule has 0 aliphatic rings. The number of benzene rings is 3. The molecule has 1 heterocycles. The molecule has 0 fully saturated rings. The summed E-state index contributed by atoms with van der Waals surface area (Å²) in [6.45, 7) is 1.01. The van der Waals surface area contributed by atoms with E-state index in [1.807, 2.05) is 36.4 Å². The number of hydrogen-bond donors (Lipinski definition) is 2. The topological polar surface area (TPSA) is 37.2 Å². The fourth-order valence-electron chi connectivity index (χ4n) is 3.28. The number of nitrogens with one attached hydrogen (secondary N) is 1. The Balaban J connectivity index is 1.58. The average Bonchev–Trinajstić information content (AvgIpc) is 2.96. The van der Waals surface area contributed by atoms with Gasteiger partial charge in [0.15, 0.2) is 0 Å². The number of anilines is 1. The first kappa shape index (κ1) is 16.0. The van der Waals surface area contributed by atoms with Gasteiger partial charge in [0, 0.05) is 39.1 Å². The van der Waals surface area contributed by atoms with E-state index in [1.165, 1.54) is 10.8 Å². The van der Waals surface area contributed by atoms with Crippen molar-refractivity contribution in [2.45, 2.75) is 12.6 Å². The van der Waals surface area contributed by atoms with Crippen molar-refractivity contribution in [3.8, 4) is 0 Å². The normalized spacial score (nSPS) is 12.6. The summed E-state index contributed by atoms with van der Waals surface area (Å²) < 4.78 is 2.19. The maximum atomic E-state index is 10.5. The number of para-hydroxylation sites is 2. The van der Waals surface area contributed by atoms with Crippen LogP contribution in [0.3, 0.4) is 0 Å². The van der Waals surface area contributed by atoms with Crippen molar-refractivity contribution < 1.29 is 5.11 Å². The number of aromatic nitrogens is 1. The maximum absolute atomic E-state index is 10.5. The van der Waals surface area contributed by atoms with Gasteiger partial charge in [-0.15, -0.1) is 0 Å². The smallest absolute Gasteiger partial charge is 0.0891 e. The van der Waals surface area contributed by atoms with Crippen molar-refractivity contribution in [3.63, 3.8) is 0 Å². The highest BCUT2D eigenvalue weighted by atomic mass is 35.5. The zero-order valence-corrected chi connectivity index (χ0v) is 14.4. The third kappa shape index (κ3) is 3.21. The molecule has 4 heteroatoms. The van der Waals surface area contributed by atoms with E-state index >= 15 is 0 Å². The van der Waals surface area contributed by atoms with Gasteiger partial charge in [0.05, 0.1) is 12.6 Å². The molecule has 3 aromatic carbocycles. The summed E-state index contributed by atoms with van der Waals surface area (Å²) in [7, 11) is 0. The summed E-state index contributed by atoms with van der Waals surface area (Å²) in [6, 6.07) is 24.2. The standard InChI is InChI=1S/C21H19ClN2O/c22-15-9-11-16(12-10-15)23-13-17(25)14-24-20-7-3-1-5-18(20)19-6-2-4-8-21(19)24/h1-12,17,23,25H,13-14H2. The van der Waals surface area contributed by atoms with Gasteiger partial charge in [0.25, 0.3) is 0 Å². The highest BCUT2D eigenvalue weighted by Crippen LogP contribution is 2.28. The first-order valence-corrected chi connectivity index (χ1v) is 8.73. The van der Waals surface area contributed by atoms with Crippen LogP contribution in [0.4, 0.5) is 5.69 Å². The van der Waals surface area contributed by atoms with Crippen LogP contribution in [0.25, 0.3) is 21.8 Å². The van der Waals surface area contributed by atoms with Crippen LogP contribution in [0.15, 0.2) is 72.8 Å². The van der Waals surface area contributed by atoms with Gasteiger partial charge >= 0.3 is 0 Å². The molecule has 3 nitrogen and oxygen atoms in total. The lowest BCUT2D eigenvalue weighted by atomic mass is 10.2. The van der Waals surface area contributed by atoms with Gasteiger partial charge in [0.1, 0.15) is 0 Å². The van der Waals surface area contributed by atoms with Gasteiger partial charge in [-0.2, -0.15) is 0 Å². The number of halogens is 1. The van der Waals surface area contributed by atoms with E-state index in [0.717, 1.165) is 16.7 Å². The average molecular weight is 351 g/mol. The Labute approximate surface area is 151 Å². The molecular weight excluding hydrogens is 332 g/mol. The van der Waals surface area contributed by atoms with Gasteiger partial charge < -0.3 is 15.0 Å². The molecule has 0 spiro atoms. The number of fused-ring (bicyclic) bond motifs is 3. The van der Waals surface area contributed by atoms with Gasteiger partial charge in [0.2, 0.25) is 0 Å². The highest BCUT2D eigenvalue weighted by molar-refractivity contribution is 6.30. The second-order valence-electron chi connectivity index (χ2n) is 6.19. The fraction of sp³-hybridized carbons (Fsp3) is 0.143. The van der Waals surface area contributed by atoms with Crippen molar-refractivity contribution in [3.05, 3.63) is 77.8 Å². The second-order valence-corrected chi connectivity index (χ2v) is 6.62. The summed E-state index contributed by atoms with van der Waals surface area (Å²) in [5.41, 5.74) is 3.24. The molecule has 0 aliphatic carbocycles. The van der Waals surface area contributed by atoms with Gasteiger partial charge in [-0.3, -0.25) is 0 Å². The first-order valence-electron chi connectivity index (χ1n) is 8.36. The van der Waals surface area contributed by atoms with Crippen LogP contribution in [0, 0.1) is 0 Å². The minimum atomic E-state index is -0.505. The Morgan fingerprint density at radius 1 is 0.840 bits per heavy atom. The molecule has 126 valence electrons. The van der Waals surface area contributed by atoms with Crippen molar-refractivity contribution in [2.24, 2.45) is 0 Å². The van der Waals surface area contributed by atoms with Gasteiger partial charge in [-0.05, 0) is 36.4 Å². The zero-order valence-electron chi connectivity index (χ0n) is 13.7. The second kappa shape index (κ2) is 6.79. The predicted molar refractivity (Wildman–Crippen MR) is 105 cm³/mol. The minimum absolute atomic E-state index is 0.475. The third-order valence-electron chi connectivity index (χ3n) is 4.46. The SMILES string of the molecule is OC(CNc1ccc(Cl)cc1)Cn1c2ccccc2c2ccccc21. The monoisotopic (exact) mass is 350 g/mol. The Morgan fingerprint density at radius 3 is 2.00 bits per heavy atom. The molecule has 1 atom stereocenters. The highest BCUT2D eigenvalue weighted by Gasteiger charge is 2.13. The molecule has 0 radical (unpaired) electrons. The molecule has 0 saturated heterocycles. The van der Waals surface area contributed by atoms with Crippen molar-refractivity contribution in [1.82, 2.24) is 4.57 Å². The Morgan fingerprint density at radius 2 is 1.40 bits per heavy atom. The van der Waals surface area contributed by atoms with E-state index < -0.39 is 6.10 Å². The summed E-state index contributed by atoms with van der Waals surface area (Å²) in [6.07, 6.45) is -0.505. The van der Waals surface area contributed by atoms with Crippen molar-refractivity contribution >= 4 is 39.1 Å². The largest absolute Gasteiger partial charge is 0.389 e. The lowest BCUT2D eigenvalue weighted by Crippen LogP contribution is -2.24. The zero-order chi connectivity index (χ0) is 17.2. The van der Waals surface area contributed by atoms with Gasteiger partial charge in [-0.1, -0.05) is 48.0 Å². The van der Waals surface area contributed by atoms with Crippen LogP contribution in [0.1, 0.15) is 0 Å². The molecule has 2 N–H and O–H groups in total. The van der Waals surface area contributed by atoms with E-state index in [0.29, 0.717) is 18.1 Å². The summed E-state index contributed by atoms with van der Waals surface area (Å²) >= 11 is 5.90. The minimum Gasteiger partial charge on any atom is -0.389 e. The van der Waals surface area contributed by atoms with E-state index in [9.17, 15) is 5.11 Å². The van der Waals surface area contributed by atoms with E-state index in [-0.39, 0.29) is 0 Å². The van der Waals surface area contributed by atoms with Crippen LogP contribution < -0.4 is 5.32 Å². The molecule has 0 aliphatic heterocycles. The number of rotatable bonds is 5. The quantitative estimate of drug-likeness (QED) is 0.536. The third-order valence-corrected chi connectivity index (χ3v) is 4.71. The summed E-state index contributed by atoms with van der Waals surface area (Å²) in [5.74, 6) is 0. The Bertz CT molecular complexity index is 954. The van der Waals surface area contributed by atoms with Crippen LogP contribution in [0.5, 0.6) is 0 Å². The number of hydrogen-bond acceptors (Lipinski definition) is 2. The van der Waals surface area contributed by atoms with E-state index in [4.69, 9.17) is 11.6 Å². The van der Waals surface area contributed by atoms with E-state index in [2.05, 4.69) is 46.3 Å². The van der Waals surface area contributed by atoms with Crippen LogP contribution in [-0.2, 0) is 6.54 Å². The molecule has 25 heavy (non-hydrogen) atoms. The molecule has 0 amide bonds.